The molecule has 6 heteroatoms. The number of halogens is 1. The number of piperidine rings is 1. The Morgan fingerprint density at radius 1 is 1.35 bits per heavy atom. The third-order valence-electron chi connectivity index (χ3n) is 3.43. The number of hydrogen-bond donors (Lipinski definition) is 1. The van der Waals surface area contributed by atoms with E-state index in [1.807, 2.05) is 0 Å². The second kappa shape index (κ2) is 6.36. The van der Waals surface area contributed by atoms with E-state index in [0.717, 1.165) is 12.8 Å². The molecule has 1 aromatic carbocycles. The summed E-state index contributed by atoms with van der Waals surface area (Å²) in [5, 5.41) is 0. The van der Waals surface area contributed by atoms with E-state index in [1.165, 1.54) is 0 Å². The number of carbonyl (C=O) groups excluding carboxylic acids is 2. The molecule has 1 aromatic rings. The van der Waals surface area contributed by atoms with Crippen molar-refractivity contribution in [2.45, 2.75) is 12.8 Å². The molecule has 20 heavy (non-hydrogen) atoms. The van der Waals surface area contributed by atoms with Gasteiger partial charge in [-0.25, -0.2) is 4.39 Å². The first-order valence-electron chi connectivity index (χ1n) is 6.49. The van der Waals surface area contributed by atoms with Gasteiger partial charge in [-0.1, -0.05) is 0 Å². The molecule has 5 nitrogen and oxygen atoms in total. The lowest BCUT2D eigenvalue weighted by molar-refractivity contribution is -0.123. The molecule has 1 fully saturated rings. The van der Waals surface area contributed by atoms with Gasteiger partial charge in [0.2, 0.25) is 12.8 Å². The minimum atomic E-state index is -0.903. The van der Waals surface area contributed by atoms with Gasteiger partial charge in [0, 0.05) is 18.7 Å². The van der Waals surface area contributed by atoms with Crippen molar-refractivity contribution in [3.8, 4) is 5.75 Å². The molecule has 0 bridgehead atoms. The van der Waals surface area contributed by atoms with Gasteiger partial charge in [-0.3, -0.25) is 9.59 Å². The van der Waals surface area contributed by atoms with Crippen LogP contribution in [-0.4, -0.2) is 36.7 Å². The molecule has 2 N–H and O–H groups in total. The minimum absolute atomic E-state index is 0.150. The standard InChI is InChI=1S/C14H17FN2O3/c15-9-20-12-5-3-10(4-6-12)14(19)17-7-1-2-11(8-17)13(16)18/h3-6,11H,1-2,7-9H2,(H2,16,18). The van der Waals surface area contributed by atoms with Gasteiger partial charge in [-0.15, -0.1) is 0 Å². The fourth-order valence-electron chi connectivity index (χ4n) is 2.33. The molecule has 1 aliphatic rings. The average molecular weight is 280 g/mol. The van der Waals surface area contributed by atoms with Gasteiger partial charge in [0.1, 0.15) is 5.75 Å². The summed E-state index contributed by atoms with van der Waals surface area (Å²) in [6, 6.07) is 6.26. The molecule has 0 radical (unpaired) electrons. The second-order valence-corrected chi connectivity index (χ2v) is 4.77. The van der Waals surface area contributed by atoms with Crippen molar-refractivity contribution < 1.29 is 18.7 Å². The highest BCUT2D eigenvalue weighted by Crippen LogP contribution is 2.19. The Morgan fingerprint density at radius 2 is 2.05 bits per heavy atom. The Hall–Kier alpha value is -2.11. The summed E-state index contributed by atoms with van der Waals surface area (Å²) in [5.41, 5.74) is 5.78. The highest BCUT2D eigenvalue weighted by molar-refractivity contribution is 5.94. The van der Waals surface area contributed by atoms with Gasteiger partial charge in [-0.05, 0) is 37.1 Å². The maximum absolute atomic E-state index is 12.3. The van der Waals surface area contributed by atoms with E-state index in [-0.39, 0.29) is 17.7 Å². The van der Waals surface area contributed by atoms with Gasteiger partial charge in [0.05, 0.1) is 5.92 Å². The van der Waals surface area contributed by atoms with E-state index in [1.54, 1.807) is 29.2 Å². The number of likely N-dealkylation sites (tertiary alicyclic amines) is 1. The lowest BCUT2D eigenvalue weighted by Gasteiger charge is -2.31. The fourth-order valence-corrected chi connectivity index (χ4v) is 2.33. The van der Waals surface area contributed by atoms with E-state index >= 15 is 0 Å². The monoisotopic (exact) mass is 280 g/mol. The first-order valence-corrected chi connectivity index (χ1v) is 6.49. The van der Waals surface area contributed by atoms with Crippen LogP contribution < -0.4 is 10.5 Å². The van der Waals surface area contributed by atoms with Crippen LogP contribution in [0.2, 0.25) is 0 Å². The molecule has 1 saturated heterocycles. The number of hydrogen-bond acceptors (Lipinski definition) is 3. The molecule has 0 spiro atoms. The fraction of sp³-hybridized carbons (Fsp3) is 0.429. The summed E-state index contributed by atoms with van der Waals surface area (Å²) in [6.07, 6.45) is 1.49. The Labute approximate surface area is 116 Å². The Bertz CT molecular complexity index is 490. The lowest BCUT2D eigenvalue weighted by Crippen LogP contribution is -2.44. The summed E-state index contributed by atoms with van der Waals surface area (Å²) in [5.74, 6) is -0.420. The largest absolute Gasteiger partial charge is 0.463 e. The number of rotatable bonds is 4. The number of ether oxygens (including phenoxy) is 1. The van der Waals surface area contributed by atoms with Crippen molar-refractivity contribution in [2.75, 3.05) is 20.0 Å². The van der Waals surface area contributed by atoms with Gasteiger partial charge in [0.25, 0.3) is 5.91 Å². The minimum Gasteiger partial charge on any atom is -0.463 e. The maximum Gasteiger partial charge on any atom is 0.253 e. The molecule has 1 atom stereocenters. The Morgan fingerprint density at radius 3 is 2.65 bits per heavy atom. The summed E-state index contributed by atoms with van der Waals surface area (Å²) < 4.78 is 16.7. The molecule has 1 unspecified atom stereocenters. The van der Waals surface area contributed by atoms with Crippen molar-refractivity contribution in [1.82, 2.24) is 4.90 Å². The summed E-state index contributed by atoms with van der Waals surface area (Å²) >= 11 is 0. The van der Waals surface area contributed by atoms with Crippen LogP contribution in [0.5, 0.6) is 5.75 Å². The highest BCUT2D eigenvalue weighted by Gasteiger charge is 2.27. The van der Waals surface area contributed by atoms with Crippen molar-refractivity contribution in [1.29, 1.82) is 0 Å². The van der Waals surface area contributed by atoms with Crippen LogP contribution in [0.3, 0.4) is 0 Å². The summed E-state index contributed by atoms with van der Waals surface area (Å²) in [6.45, 7) is 0.0714. The highest BCUT2D eigenvalue weighted by atomic mass is 19.1. The van der Waals surface area contributed by atoms with E-state index in [4.69, 9.17) is 5.73 Å². The molecular weight excluding hydrogens is 263 g/mol. The predicted octanol–water partition coefficient (Wildman–Crippen LogP) is 1.33. The zero-order valence-corrected chi connectivity index (χ0v) is 11.0. The van der Waals surface area contributed by atoms with Crippen molar-refractivity contribution in [3.05, 3.63) is 29.8 Å². The van der Waals surface area contributed by atoms with Crippen molar-refractivity contribution >= 4 is 11.8 Å². The predicted molar refractivity (Wildman–Crippen MR) is 70.9 cm³/mol. The van der Waals surface area contributed by atoms with E-state index in [9.17, 15) is 14.0 Å². The van der Waals surface area contributed by atoms with Gasteiger partial charge in [0.15, 0.2) is 0 Å². The van der Waals surface area contributed by atoms with Crippen LogP contribution in [0.1, 0.15) is 23.2 Å². The van der Waals surface area contributed by atoms with E-state index in [2.05, 4.69) is 4.74 Å². The summed E-state index contributed by atoms with van der Waals surface area (Å²) in [7, 11) is 0. The molecule has 2 amide bonds. The van der Waals surface area contributed by atoms with Crippen LogP contribution in [0.4, 0.5) is 4.39 Å². The number of benzene rings is 1. The first-order chi connectivity index (χ1) is 9.61. The normalized spacial score (nSPS) is 18.6. The van der Waals surface area contributed by atoms with Crippen LogP contribution in [0.25, 0.3) is 0 Å². The maximum atomic E-state index is 12.3. The molecule has 1 heterocycles. The average Bonchev–Trinajstić information content (AvgIpc) is 2.48. The van der Waals surface area contributed by atoms with Crippen LogP contribution >= 0.6 is 0 Å². The molecule has 108 valence electrons. The van der Waals surface area contributed by atoms with Gasteiger partial charge < -0.3 is 15.4 Å². The molecule has 0 aliphatic carbocycles. The number of nitrogens with two attached hydrogens (primary N) is 1. The smallest absolute Gasteiger partial charge is 0.253 e. The van der Waals surface area contributed by atoms with Crippen molar-refractivity contribution in [3.63, 3.8) is 0 Å². The third-order valence-corrected chi connectivity index (χ3v) is 3.43. The second-order valence-electron chi connectivity index (χ2n) is 4.77. The zero-order chi connectivity index (χ0) is 14.5. The zero-order valence-electron chi connectivity index (χ0n) is 11.0. The van der Waals surface area contributed by atoms with E-state index < -0.39 is 6.86 Å². The quantitative estimate of drug-likeness (QED) is 0.904. The lowest BCUT2D eigenvalue weighted by atomic mass is 9.97. The molecule has 0 saturated carbocycles. The number of amides is 2. The Kier molecular flexibility index (Phi) is 4.55. The van der Waals surface area contributed by atoms with Crippen LogP contribution in [-0.2, 0) is 4.79 Å². The van der Waals surface area contributed by atoms with Crippen LogP contribution in [0, 0.1) is 5.92 Å². The van der Waals surface area contributed by atoms with Gasteiger partial charge in [-0.2, -0.15) is 0 Å². The number of nitrogens with zero attached hydrogens (tertiary/aromatic N) is 1. The first kappa shape index (κ1) is 14.3. The number of primary amides is 1. The van der Waals surface area contributed by atoms with Crippen LogP contribution in [0.15, 0.2) is 24.3 Å². The molecule has 1 aliphatic heterocycles. The van der Waals surface area contributed by atoms with Crippen molar-refractivity contribution in [2.24, 2.45) is 11.7 Å². The van der Waals surface area contributed by atoms with Gasteiger partial charge >= 0.3 is 0 Å². The van der Waals surface area contributed by atoms with E-state index in [0.29, 0.717) is 24.4 Å². The third kappa shape index (κ3) is 3.26. The molecule has 0 aromatic heterocycles. The SMILES string of the molecule is NC(=O)C1CCCN(C(=O)c2ccc(OCF)cc2)C1. The summed E-state index contributed by atoms with van der Waals surface area (Å²) in [4.78, 5) is 25.1. The molecular formula is C14H17FN2O3. The number of carbonyl (C=O) groups is 2. The molecule has 2 rings (SSSR count). The Balaban J connectivity index is 2.04. The topological polar surface area (TPSA) is 72.6 Å². The number of alkyl halides is 1.